The van der Waals surface area contributed by atoms with Crippen LogP contribution in [0.15, 0.2) is 6.33 Å². The van der Waals surface area contributed by atoms with E-state index in [-0.39, 0.29) is 22.9 Å². The lowest BCUT2D eigenvalue weighted by Crippen LogP contribution is -1.99. The predicted octanol–water partition coefficient (Wildman–Crippen LogP) is 2.05. The van der Waals surface area contributed by atoms with Crippen LogP contribution in [-0.4, -0.2) is 47.4 Å². The van der Waals surface area contributed by atoms with Crippen LogP contribution >= 0.6 is 11.3 Å². The highest BCUT2D eigenvalue weighted by Crippen LogP contribution is 2.34. The average Bonchev–Trinajstić information content (AvgIpc) is 3.26. The van der Waals surface area contributed by atoms with Gasteiger partial charge in [-0.25, -0.2) is 19.3 Å². The molecule has 12 heteroatoms. The third kappa shape index (κ3) is 2.37. The molecule has 0 atom stereocenters. The Morgan fingerprint density at radius 1 is 1.33 bits per heavy atom. The molecule has 0 aliphatic carbocycles. The summed E-state index contributed by atoms with van der Waals surface area (Å²) in [5, 5.41) is 20.5. The summed E-state index contributed by atoms with van der Waals surface area (Å²) in [5.41, 5.74) is 1.46. The zero-order valence-electron chi connectivity index (χ0n) is 14.7. The number of methoxy groups -OCH3 is 1. The smallest absolute Gasteiger partial charge is 0.348 e. The molecular formula is C15H13N7O4S. The van der Waals surface area contributed by atoms with E-state index < -0.39 is 10.9 Å². The fourth-order valence-electron chi connectivity index (χ4n) is 3.04. The molecular weight excluding hydrogens is 374 g/mol. The number of thiophene rings is 1. The molecule has 0 aromatic carbocycles. The highest BCUT2D eigenvalue weighted by molar-refractivity contribution is 7.20. The first-order valence-electron chi connectivity index (χ1n) is 7.74. The molecule has 0 aliphatic rings. The lowest BCUT2D eigenvalue weighted by Gasteiger charge is -1.96. The average molecular weight is 387 g/mol. The maximum absolute atomic E-state index is 12.0. The highest BCUT2D eigenvalue weighted by Gasteiger charge is 2.29. The van der Waals surface area contributed by atoms with Gasteiger partial charge in [0, 0.05) is 7.05 Å². The molecule has 11 nitrogen and oxygen atoms in total. The van der Waals surface area contributed by atoms with Gasteiger partial charge in [-0.05, 0) is 19.4 Å². The monoisotopic (exact) mass is 387 g/mol. The van der Waals surface area contributed by atoms with E-state index in [0.717, 1.165) is 0 Å². The van der Waals surface area contributed by atoms with Gasteiger partial charge in [-0.3, -0.25) is 14.8 Å². The Labute approximate surface area is 155 Å². The lowest BCUT2D eigenvalue weighted by molar-refractivity contribution is -0.384. The Morgan fingerprint density at radius 3 is 2.74 bits per heavy atom. The molecule has 0 spiro atoms. The van der Waals surface area contributed by atoms with Crippen LogP contribution in [0.3, 0.4) is 0 Å². The van der Waals surface area contributed by atoms with Gasteiger partial charge in [0.05, 0.1) is 17.4 Å². The number of nitro groups is 1. The van der Waals surface area contributed by atoms with Gasteiger partial charge in [-0.15, -0.1) is 16.4 Å². The summed E-state index contributed by atoms with van der Waals surface area (Å²) in [6, 6.07) is 0. The topological polar surface area (TPSA) is 130 Å². The van der Waals surface area contributed by atoms with E-state index in [1.54, 1.807) is 20.9 Å². The van der Waals surface area contributed by atoms with Crippen molar-refractivity contribution in [2.75, 3.05) is 7.11 Å². The van der Waals surface area contributed by atoms with Crippen molar-refractivity contribution in [3.8, 4) is 11.5 Å². The van der Waals surface area contributed by atoms with E-state index in [2.05, 4.69) is 20.2 Å². The van der Waals surface area contributed by atoms with E-state index in [9.17, 15) is 14.9 Å². The Hall–Kier alpha value is -3.41. The molecule has 0 unspecified atom stereocenters. The molecule has 0 radical (unpaired) electrons. The third-order valence-corrected chi connectivity index (χ3v) is 5.40. The largest absolute Gasteiger partial charge is 0.465 e. The molecule has 4 heterocycles. The molecule has 27 heavy (non-hydrogen) atoms. The van der Waals surface area contributed by atoms with Gasteiger partial charge in [0.15, 0.2) is 11.3 Å². The van der Waals surface area contributed by atoms with Crippen LogP contribution in [0.2, 0.25) is 0 Å². The summed E-state index contributed by atoms with van der Waals surface area (Å²) in [6.07, 6.45) is 1.46. The zero-order chi connectivity index (χ0) is 19.5. The molecule has 4 rings (SSSR count). The summed E-state index contributed by atoms with van der Waals surface area (Å²) in [7, 11) is 2.91. The lowest BCUT2D eigenvalue weighted by atomic mass is 10.2. The molecule has 0 fully saturated rings. The number of aromatic nitrogens is 6. The van der Waals surface area contributed by atoms with Crippen molar-refractivity contribution < 1.29 is 14.5 Å². The Morgan fingerprint density at radius 2 is 2.07 bits per heavy atom. The van der Waals surface area contributed by atoms with Crippen LogP contribution in [0.5, 0.6) is 0 Å². The minimum atomic E-state index is -0.498. The van der Waals surface area contributed by atoms with Gasteiger partial charge in [0.2, 0.25) is 5.82 Å². The molecule has 138 valence electrons. The van der Waals surface area contributed by atoms with E-state index >= 15 is 0 Å². The number of fused-ring (bicyclic) bond motifs is 3. The SMILES string of the molecule is COC(=O)c1sc2ncn3nc(-c4c([N+](=O)[O-])c(C)nn4C)nc3c2c1C. The van der Waals surface area contributed by atoms with Crippen molar-refractivity contribution in [3.05, 3.63) is 32.6 Å². The molecule has 0 saturated carbocycles. The van der Waals surface area contributed by atoms with Gasteiger partial charge >= 0.3 is 11.7 Å². The molecule has 0 amide bonds. The fraction of sp³-hybridized carbons (Fsp3) is 0.267. The van der Waals surface area contributed by atoms with Gasteiger partial charge in [0.25, 0.3) is 0 Å². The van der Waals surface area contributed by atoms with E-state index in [0.29, 0.717) is 26.3 Å². The second kappa shape index (κ2) is 5.81. The Balaban J connectivity index is 2.02. The van der Waals surface area contributed by atoms with Crippen molar-refractivity contribution in [1.82, 2.24) is 29.4 Å². The summed E-state index contributed by atoms with van der Waals surface area (Å²) < 4.78 is 7.63. The molecule has 0 N–H and O–H groups in total. The van der Waals surface area contributed by atoms with E-state index in [1.807, 2.05) is 0 Å². The van der Waals surface area contributed by atoms with Crippen LogP contribution in [0, 0.1) is 24.0 Å². The maximum atomic E-state index is 12.0. The number of hydrogen-bond donors (Lipinski definition) is 0. The van der Waals surface area contributed by atoms with Crippen LogP contribution in [0.1, 0.15) is 20.9 Å². The summed E-state index contributed by atoms with van der Waals surface area (Å²) in [5.74, 6) is -0.296. The van der Waals surface area contributed by atoms with Crippen LogP contribution in [0.25, 0.3) is 27.4 Å². The second-order valence-corrected chi connectivity index (χ2v) is 6.84. The van der Waals surface area contributed by atoms with Crippen molar-refractivity contribution in [2.45, 2.75) is 13.8 Å². The first-order chi connectivity index (χ1) is 12.8. The minimum absolute atomic E-state index is 0.144. The maximum Gasteiger partial charge on any atom is 0.348 e. The number of carbonyl (C=O) groups is 1. The van der Waals surface area contributed by atoms with Crippen LogP contribution < -0.4 is 0 Å². The fourth-order valence-corrected chi connectivity index (χ4v) is 4.10. The minimum Gasteiger partial charge on any atom is -0.465 e. The summed E-state index contributed by atoms with van der Waals surface area (Å²) in [4.78, 5) is 32.8. The number of rotatable bonds is 3. The first-order valence-corrected chi connectivity index (χ1v) is 8.56. The van der Waals surface area contributed by atoms with E-state index in [4.69, 9.17) is 4.74 Å². The van der Waals surface area contributed by atoms with Gasteiger partial charge in [-0.1, -0.05) is 0 Å². The molecule has 4 aromatic rings. The predicted molar refractivity (Wildman–Crippen MR) is 95.8 cm³/mol. The first kappa shape index (κ1) is 17.0. The molecule has 0 aliphatic heterocycles. The normalized spacial score (nSPS) is 11.4. The number of esters is 1. The quantitative estimate of drug-likeness (QED) is 0.296. The van der Waals surface area contributed by atoms with Crippen LogP contribution in [0.4, 0.5) is 5.69 Å². The van der Waals surface area contributed by atoms with Crippen molar-refractivity contribution >= 4 is 38.9 Å². The number of carbonyl (C=O) groups excluding carboxylic acids is 1. The number of hydrogen-bond acceptors (Lipinski definition) is 9. The Bertz CT molecular complexity index is 1250. The van der Waals surface area contributed by atoms with Crippen molar-refractivity contribution in [2.24, 2.45) is 7.05 Å². The summed E-state index contributed by atoms with van der Waals surface area (Å²) in [6.45, 7) is 3.33. The van der Waals surface area contributed by atoms with Gasteiger partial charge in [0.1, 0.15) is 21.7 Å². The van der Waals surface area contributed by atoms with Crippen molar-refractivity contribution in [3.63, 3.8) is 0 Å². The summed E-state index contributed by atoms with van der Waals surface area (Å²) >= 11 is 1.20. The second-order valence-electron chi connectivity index (χ2n) is 5.84. The number of nitrogens with zero attached hydrogens (tertiary/aromatic N) is 7. The van der Waals surface area contributed by atoms with E-state index in [1.165, 1.54) is 34.0 Å². The van der Waals surface area contributed by atoms with Gasteiger partial charge < -0.3 is 4.74 Å². The zero-order valence-corrected chi connectivity index (χ0v) is 15.6. The molecule has 4 aromatic heterocycles. The van der Waals surface area contributed by atoms with Crippen molar-refractivity contribution in [1.29, 1.82) is 0 Å². The standard InChI is InChI=1S/C15H13N7O4S/c1-6-8-13-17-12(10-9(22(24)25)7(2)18-20(10)3)19-21(13)5-16-14(8)27-11(6)15(23)26-4/h5H,1-4H3. The number of aryl methyl sites for hydroxylation is 3. The highest BCUT2D eigenvalue weighted by atomic mass is 32.1. The van der Waals surface area contributed by atoms with Gasteiger partial charge in [-0.2, -0.15) is 5.10 Å². The van der Waals surface area contributed by atoms with Crippen LogP contribution in [-0.2, 0) is 11.8 Å². The molecule has 0 saturated heterocycles. The number of ether oxygens (including phenoxy) is 1. The molecule has 0 bridgehead atoms. The third-order valence-electron chi connectivity index (χ3n) is 4.22. The Kier molecular flexibility index (Phi) is 3.66.